The van der Waals surface area contributed by atoms with Crippen LogP contribution in [0.25, 0.3) is 0 Å². The number of rotatable bonds is 5. The van der Waals surface area contributed by atoms with Crippen molar-refractivity contribution in [3.63, 3.8) is 0 Å². The van der Waals surface area contributed by atoms with E-state index in [1.165, 1.54) is 7.11 Å². The van der Waals surface area contributed by atoms with Crippen LogP contribution in [0.15, 0.2) is 18.2 Å². The first-order chi connectivity index (χ1) is 7.69. The second-order valence-electron chi connectivity index (χ2n) is 3.00. The molecule has 0 aromatic heterocycles. The third kappa shape index (κ3) is 3.13. The summed E-state index contributed by atoms with van der Waals surface area (Å²) in [5.74, 6) is -0.105. The average Bonchev–Trinajstić information content (AvgIpc) is 2.29. The molecule has 0 radical (unpaired) electrons. The molecule has 88 valence electrons. The van der Waals surface area contributed by atoms with Crippen molar-refractivity contribution < 1.29 is 19.0 Å². The Kier molecular flexibility index (Phi) is 4.60. The van der Waals surface area contributed by atoms with E-state index in [1.54, 1.807) is 18.2 Å². The molecule has 16 heavy (non-hydrogen) atoms. The van der Waals surface area contributed by atoms with Crippen molar-refractivity contribution in [2.75, 3.05) is 26.2 Å². The molecule has 0 amide bonds. The molecule has 0 unspecified atom stereocenters. The maximum absolute atomic E-state index is 11.4. The predicted molar refractivity (Wildman–Crippen MR) is 59.3 cm³/mol. The summed E-state index contributed by atoms with van der Waals surface area (Å²) in [6.45, 7) is 2.46. The van der Waals surface area contributed by atoms with Gasteiger partial charge in [0, 0.05) is 18.4 Å². The van der Waals surface area contributed by atoms with E-state index >= 15 is 0 Å². The minimum Gasteiger partial charge on any atom is -0.467 e. The molecule has 0 aliphatic carbocycles. The van der Waals surface area contributed by atoms with Gasteiger partial charge in [-0.05, 0) is 19.1 Å². The van der Waals surface area contributed by atoms with E-state index in [-0.39, 0.29) is 6.79 Å². The molecule has 0 aliphatic heterocycles. The molecule has 0 heterocycles. The average molecular weight is 225 g/mol. The summed E-state index contributed by atoms with van der Waals surface area (Å²) in [5.41, 5.74) is 6.44. The molecular formula is C11H15NO4. The molecule has 1 aromatic rings. The Bertz CT molecular complexity index is 365. The lowest BCUT2D eigenvalue weighted by atomic mass is 10.2. The van der Waals surface area contributed by atoms with Crippen LogP contribution in [0.5, 0.6) is 5.75 Å². The number of nitrogens with two attached hydrogens (primary N) is 1. The van der Waals surface area contributed by atoms with Gasteiger partial charge < -0.3 is 19.9 Å². The first-order valence-corrected chi connectivity index (χ1v) is 4.87. The molecule has 0 saturated heterocycles. The fraction of sp³-hybridized carbons (Fsp3) is 0.364. The molecule has 1 aromatic carbocycles. The van der Waals surface area contributed by atoms with Gasteiger partial charge in [-0.3, -0.25) is 0 Å². The van der Waals surface area contributed by atoms with Gasteiger partial charge in [0.25, 0.3) is 0 Å². The smallest absolute Gasteiger partial charge is 0.341 e. The van der Waals surface area contributed by atoms with Gasteiger partial charge in [0.1, 0.15) is 11.3 Å². The number of carbonyl (C=O) groups excluding carboxylic acids is 1. The number of methoxy groups -OCH3 is 1. The third-order valence-corrected chi connectivity index (χ3v) is 1.91. The molecule has 5 heteroatoms. The maximum atomic E-state index is 11.4. The summed E-state index contributed by atoms with van der Waals surface area (Å²) < 4.78 is 14.9. The molecule has 0 bridgehead atoms. The van der Waals surface area contributed by atoms with E-state index in [0.717, 1.165) is 0 Å². The molecule has 1 rings (SSSR count). The Morgan fingerprint density at radius 2 is 2.19 bits per heavy atom. The van der Waals surface area contributed by atoms with Crippen LogP contribution < -0.4 is 10.5 Å². The highest BCUT2D eigenvalue weighted by Crippen LogP contribution is 2.22. The quantitative estimate of drug-likeness (QED) is 0.355. The third-order valence-electron chi connectivity index (χ3n) is 1.91. The van der Waals surface area contributed by atoms with Crippen LogP contribution >= 0.6 is 0 Å². The van der Waals surface area contributed by atoms with Gasteiger partial charge in [-0.2, -0.15) is 0 Å². The van der Waals surface area contributed by atoms with Crippen molar-refractivity contribution in [3.8, 4) is 5.75 Å². The van der Waals surface area contributed by atoms with Crippen molar-refractivity contribution in [2.24, 2.45) is 0 Å². The van der Waals surface area contributed by atoms with Crippen molar-refractivity contribution in [1.82, 2.24) is 0 Å². The summed E-state index contributed by atoms with van der Waals surface area (Å²) in [4.78, 5) is 11.4. The van der Waals surface area contributed by atoms with Crippen LogP contribution in [0.2, 0.25) is 0 Å². The van der Waals surface area contributed by atoms with Gasteiger partial charge in [0.15, 0.2) is 6.79 Å². The van der Waals surface area contributed by atoms with Crippen LogP contribution in [0.3, 0.4) is 0 Å². The molecule has 0 saturated carbocycles. The topological polar surface area (TPSA) is 70.8 Å². The number of hydrogen-bond acceptors (Lipinski definition) is 5. The summed E-state index contributed by atoms with van der Waals surface area (Å²) in [6.07, 6.45) is 0. The Morgan fingerprint density at radius 1 is 1.44 bits per heavy atom. The first-order valence-electron chi connectivity index (χ1n) is 4.87. The number of nitrogen functional groups attached to an aromatic ring is 1. The van der Waals surface area contributed by atoms with Gasteiger partial charge in [-0.15, -0.1) is 0 Å². The van der Waals surface area contributed by atoms with Crippen LogP contribution in [-0.2, 0) is 9.47 Å². The highest BCUT2D eigenvalue weighted by Gasteiger charge is 2.13. The summed E-state index contributed by atoms with van der Waals surface area (Å²) in [7, 11) is 1.31. The highest BCUT2D eigenvalue weighted by molar-refractivity contribution is 5.93. The van der Waals surface area contributed by atoms with Crippen LogP contribution in [0, 0.1) is 0 Å². The van der Waals surface area contributed by atoms with Gasteiger partial charge in [0.2, 0.25) is 0 Å². The maximum Gasteiger partial charge on any atom is 0.341 e. The van der Waals surface area contributed by atoms with E-state index in [0.29, 0.717) is 23.6 Å². The largest absolute Gasteiger partial charge is 0.467 e. The summed E-state index contributed by atoms with van der Waals surface area (Å²) in [5, 5.41) is 0. The van der Waals surface area contributed by atoms with Gasteiger partial charge in [-0.1, -0.05) is 0 Å². The fourth-order valence-corrected chi connectivity index (χ4v) is 1.13. The molecule has 0 fully saturated rings. The lowest BCUT2D eigenvalue weighted by Gasteiger charge is -2.10. The standard InChI is InChI=1S/C11H15NO4/c1-3-15-7-16-10-6-8(12)4-5-9(10)11(13)14-2/h4-6H,3,7,12H2,1-2H3. The zero-order chi connectivity index (χ0) is 12.0. The van der Waals surface area contributed by atoms with Crippen molar-refractivity contribution in [1.29, 1.82) is 0 Å². The number of anilines is 1. The number of hydrogen-bond donors (Lipinski definition) is 1. The summed E-state index contributed by atoms with van der Waals surface area (Å²) >= 11 is 0. The van der Waals surface area contributed by atoms with Gasteiger partial charge >= 0.3 is 5.97 Å². The summed E-state index contributed by atoms with van der Waals surface area (Å²) in [6, 6.07) is 4.73. The van der Waals surface area contributed by atoms with Crippen LogP contribution in [0.1, 0.15) is 17.3 Å². The Labute approximate surface area is 94.1 Å². The molecule has 2 N–H and O–H groups in total. The van der Waals surface area contributed by atoms with E-state index in [1.807, 2.05) is 6.92 Å². The normalized spacial score (nSPS) is 9.88. The van der Waals surface area contributed by atoms with E-state index in [9.17, 15) is 4.79 Å². The zero-order valence-electron chi connectivity index (χ0n) is 9.36. The lowest BCUT2D eigenvalue weighted by Crippen LogP contribution is -2.09. The fourth-order valence-electron chi connectivity index (χ4n) is 1.13. The Balaban J connectivity index is 2.85. The van der Waals surface area contributed by atoms with Crippen molar-refractivity contribution >= 4 is 11.7 Å². The predicted octanol–water partition coefficient (Wildman–Crippen LogP) is 1.43. The minimum absolute atomic E-state index is 0.0734. The molecular weight excluding hydrogens is 210 g/mol. The van der Waals surface area contributed by atoms with Crippen molar-refractivity contribution in [3.05, 3.63) is 23.8 Å². The van der Waals surface area contributed by atoms with E-state index in [2.05, 4.69) is 4.74 Å². The molecule has 5 nitrogen and oxygen atoms in total. The minimum atomic E-state index is -0.466. The molecule has 0 aliphatic rings. The Morgan fingerprint density at radius 3 is 2.81 bits per heavy atom. The van der Waals surface area contributed by atoms with Gasteiger partial charge in [-0.25, -0.2) is 4.79 Å². The Hall–Kier alpha value is -1.75. The number of benzene rings is 1. The number of carbonyl (C=O) groups is 1. The SMILES string of the molecule is CCOCOc1cc(N)ccc1C(=O)OC. The van der Waals surface area contributed by atoms with Gasteiger partial charge in [0.05, 0.1) is 7.11 Å². The van der Waals surface area contributed by atoms with Crippen LogP contribution in [-0.4, -0.2) is 26.5 Å². The zero-order valence-corrected chi connectivity index (χ0v) is 9.36. The lowest BCUT2D eigenvalue weighted by molar-refractivity contribution is 0.0211. The van der Waals surface area contributed by atoms with Crippen LogP contribution in [0.4, 0.5) is 5.69 Å². The molecule has 0 spiro atoms. The molecule has 0 atom stereocenters. The first kappa shape index (κ1) is 12.3. The van der Waals surface area contributed by atoms with Crippen molar-refractivity contribution in [2.45, 2.75) is 6.92 Å². The second-order valence-corrected chi connectivity index (χ2v) is 3.00. The monoisotopic (exact) mass is 225 g/mol. The number of ether oxygens (including phenoxy) is 3. The number of esters is 1. The van der Waals surface area contributed by atoms with E-state index < -0.39 is 5.97 Å². The van der Waals surface area contributed by atoms with E-state index in [4.69, 9.17) is 15.2 Å². The second kappa shape index (κ2) is 5.97. The highest BCUT2D eigenvalue weighted by atomic mass is 16.7.